The van der Waals surface area contributed by atoms with Crippen LogP contribution in [-0.4, -0.2) is 50.2 Å². The zero-order chi connectivity index (χ0) is 15.2. The van der Waals surface area contributed by atoms with Crippen LogP contribution >= 0.6 is 0 Å². The fourth-order valence-electron chi connectivity index (χ4n) is 3.22. The molecule has 0 amide bonds. The number of hydrogen-bond donors (Lipinski definition) is 1. The quantitative estimate of drug-likeness (QED) is 0.835. The lowest BCUT2D eigenvalue weighted by molar-refractivity contribution is 0.371. The molecule has 2 heterocycles. The van der Waals surface area contributed by atoms with Crippen molar-refractivity contribution in [2.75, 3.05) is 39.1 Å². The molecule has 1 fully saturated rings. The van der Waals surface area contributed by atoms with Crippen molar-refractivity contribution in [3.05, 3.63) is 23.4 Å². The molecule has 1 unspecified atom stereocenters. The second kappa shape index (κ2) is 7.76. The summed E-state index contributed by atoms with van der Waals surface area (Å²) < 4.78 is 0. The number of likely N-dealkylation sites (N-methyl/N-ethyl adjacent to an activating group) is 1. The van der Waals surface area contributed by atoms with E-state index in [-0.39, 0.29) is 0 Å². The molecule has 4 heteroatoms. The van der Waals surface area contributed by atoms with Gasteiger partial charge in [0.1, 0.15) is 5.82 Å². The second-order valence-corrected chi connectivity index (χ2v) is 6.36. The van der Waals surface area contributed by atoms with Crippen LogP contribution in [0, 0.1) is 0 Å². The molecule has 1 atom stereocenters. The first-order chi connectivity index (χ1) is 10.1. The Morgan fingerprint density at radius 3 is 2.86 bits per heavy atom. The maximum atomic E-state index is 4.92. The molecule has 0 aliphatic carbocycles. The van der Waals surface area contributed by atoms with Crippen LogP contribution in [0.1, 0.15) is 37.4 Å². The van der Waals surface area contributed by atoms with Gasteiger partial charge in [0.2, 0.25) is 0 Å². The molecule has 0 radical (unpaired) electrons. The fourth-order valence-corrected chi connectivity index (χ4v) is 3.22. The van der Waals surface area contributed by atoms with Crippen molar-refractivity contribution in [2.45, 2.75) is 45.2 Å². The molecule has 1 aromatic heterocycles. The lowest BCUT2D eigenvalue weighted by Crippen LogP contribution is -2.38. The Labute approximate surface area is 129 Å². The maximum absolute atomic E-state index is 4.92. The van der Waals surface area contributed by atoms with E-state index in [2.05, 4.69) is 48.3 Å². The number of rotatable bonds is 7. The summed E-state index contributed by atoms with van der Waals surface area (Å²) in [6, 6.07) is 5.12. The molecule has 1 aromatic rings. The average Bonchev–Trinajstić information content (AvgIpc) is 2.86. The Hall–Kier alpha value is -1.13. The topological polar surface area (TPSA) is 31.4 Å². The summed E-state index contributed by atoms with van der Waals surface area (Å²) in [6.07, 6.45) is 4.77. The predicted molar refractivity (Wildman–Crippen MR) is 89.9 cm³/mol. The highest BCUT2D eigenvalue weighted by atomic mass is 15.3. The molecule has 4 nitrogen and oxygen atoms in total. The van der Waals surface area contributed by atoms with E-state index in [1.165, 1.54) is 29.9 Å². The summed E-state index contributed by atoms with van der Waals surface area (Å²) in [7, 11) is 6.32. The lowest BCUT2D eigenvalue weighted by Gasteiger charge is -2.28. The zero-order valence-corrected chi connectivity index (χ0v) is 14.0. The molecule has 0 aromatic carbocycles. The molecular weight excluding hydrogens is 260 g/mol. The van der Waals surface area contributed by atoms with Crippen LogP contribution in [0.5, 0.6) is 0 Å². The number of hydrogen-bond acceptors (Lipinski definition) is 4. The zero-order valence-electron chi connectivity index (χ0n) is 14.0. The first-order valence-electron chi connectivity index (χ1n) is 8.19. The molecule has 1 saturated heterocycles. The van der Waals surface area contributed by atoms with Gasteiger partial charge >= 0.3 is 0 Å². The third-order valence-corrected chi connectivity index (χ3v) is 4.06. The highest BCUT2D eigenvalue weighted by Crippen LogP contribution is 2.26. The maximum Gasteiger partial charge on any atom is 0.129 e. The van der Waals surface area contributed by atoms with Gasteiger partial charge in [-0.15, -0.1) is 0 Å². The highest BCUT2D eigenvalue weighted by Gasteiger charge is 2.26. The van der Waals surface area contributed by atoms with Crippen molar-refractivity contribution < 1.29 is 0 Å². The van der Waals surface area contributed by atoms with Gasteiger partial charge in [-0.05, 0) is 58.1 Å². The van der Waals surface area contributed by atoms with Gasteiger partial charge in [0, 0.05) is 31.4 Å². The minimum atomic E-state index is 0.604. The number of nitrogens with zero attached hydrogens (tertiary/aromatic N) is 3. The molecule has 0 saturated carbocycles. The Morgan fingerprint density at radius 2 is 2.19 bits per heavy atom. The average molecular weight is 290 g/mol. The third kappa shape index (κ3) is 4.42. The van der Waals surface area contributed by atoms with Gasteiger partial charge in [-0.25, -0.2) is 4.98 Å². The summed E-state index contributed by atoms with van der Waals surface area (Å²) in [5.41, 5.74) is 2.58. The minimum absolute atomic E-state index is 0.604. The van der Waals surface area contributed by atoms with Gasteiger partial charge in [0.25, 0.3) is 0 Å². The number of anilines is 1. The molecule has 0 bridgehead atoms. The van der Waals surface area contributed by atoms with Crippen molar-refractivity contribution >= 4 is 5.82 Å². The van der Waals surface area contributed by atoms with E-state index >= 15 is 0 Å². The number of nitrogens with one attached hydrogen (secondary N) is 1. The van der Waals surface area contributed by atoms with Crippen LogP contribution in [0.15, 0.2) is 12.1 Å². The molecule has 1 aliphatic heterocycles. The normalized spacial score (nSPS) is 18.7. The number of pyridine rings is 1. The van der Waals surface area contributed by atoms with Crippen molar-refractivity contribution in [2.24, 2.45) is 0 Å². The summed E-state index contributed by atoms with van der Waals surface area (Å²) in [5, 5.41) is 3.26. The van der Waals surface area contributed by atoms with Gasteiger partial charge in [0.15, 0.2) is 0 Å². The first-order valence-corrected chi connectivity index (χ1v) is 8.19. The smallest absolute Gasteiger partial charge is 0.129 e. The minimum Gasteiger partial charge on any atom is -0.352 e. The van der Waals surface area contributed by atoms with Crippen molar-refractivity contribution in [3.8, 4) is 0 Å². The van der Waals surface area contributed by atoms with E-state index in [1.54, 1.807) is 0 Å². The molecule has 21 heavy (non-hydrogen) atoms. The SMILES string of the molecule is CCCc1cc(CNC)cc(N2CCCC2CN(C)C)n1. The van der Waals surface area contributed by atoms with Gasteiger partial charge in [-0.2, -0.15) is 0 Å². The molecule has 118 valence electrons. The summed E-state index contributed by atoms with van der Waals surface area (Å²) >= 11 is 0. The van der Waals surface area contributed by atoms with Gasteiger partial charge in [0.05, 0.1) is 0 Å². The van der Waals surface area contributed by atoms with Gasteiger partial charge in [-0.1, -0.05) is 13.3 Å². The molecule has 2 rings (SSSR count). The van der Waals surface area contributed by atoms with E-state index in [1.807, 2.05) is 7.05 Å². The second-order valence-electron chi connectivity index (χ2n) is 6.36. The standard InChI is InChI=1S/C17H30N4/c1-5-7-15-10-14(12-18-2)11-17(19-15)21-9-6-8-16(21)13-20(3)4/h10-11,16,18H,5-9,12-13H2,1-4H3. The third-order valence-electron chi connectivity index (χ3n) is 4.06. The monoisotopic (exact) mass is 290 g/mol. The Morgan fingerprint density at radius 1 is 1.38 bits per heavy atom. The summed E-state index contributed by atoms with van der Waals surface area (Å²) in [6.45, 7) is 5.39. The van der Waals surface area contributed by atoms with E-state index in [0.717, 1.165) is 32.5 Å². The number of aryl methyl sites for hydroxylation is 1. The Kier molecular flexibility index (Phi) is 6.00. The summed E-state index contributed by atoms with van der Waals surface area (Å²) in [5.74, 6) is 1.18. The van der Waals surface area contributed by atoms with Crippen LogP contribution in [-0.2, 0) is 13.0 Å². The fraction of sp³-hybridized carbons (Fsp3) is 0.706. The molecular formula is C17H30N4. The predicted octanol–water partition coefficient (Wildman–Crippen LogP) is 2.28. The highest BCUT2D eigenvalue weighted by molar-refractivity contribution is 5.45. The van der Waals surface area contributed by atoms with Crippen molar-refractivity contribution in [1.29, 1.82) is 0 Å². The van der Waals surface area contributed by atoms with E-state index in [0.29, 0.717) is 6.04 Å². The van der Waals surface area contributed by atoms with E-state index in [4.69, 9.17) is 4.98 Å². The van der Waals surface area contributed by atoms with Crippen molar-refractivity contribution in [1.82, 2.24) is 15.2 Å². The van der Waals surface area contributed by atoms with Crippen LogP contribution in [0.25, 0.3) is 0 Å². The first kappa shape index (κ1) is 16.2. The van der Waals surface area contributed by atoms with Crippen LogP contribution in [0.2, 0.25) is 0 Å². The van der Waals surface area contributed by atoms with Crippen molar-refractivity contribution in [3.63, 3.8) is 0 Å². The molecule has 0 spiro atoms. The van der Waals surface area contributed by atoms with Crippen LogP contribution in [0.3, 0.4) is 0 Å². The largest absolute Gasteiger partial charge is 0.352 e. The summed E-state index contributed by atoms with van der Waals surface area (Å²) in [4.78, 5) is 9.72. The molecule has 1 N–H and O–H groups in total. The van der Waals surface area contributed by atoms with Gasteiger partial charge < -0.3 is 15.1 Å². The Bertz CT molecular complexity index is 420. The van der Waals surface area contributed by atoms with E-state index in [9.17, 15) is 0 Å². The van der Waals surface area contributed by atoms with E-state index < -0.39 is 0 Å². The lowest BCUT2D eigenvalue weighted by atomic mass is 10.1. The number of aromatic nitrogens is 1. The van der Waals surface area contributed by atoms with Crippen LogP contribution < -0.4 is 10.2 Å². The molecule has 1 aliphatic rings. The Balaban J connectivity index is 2.23. The van der Waals surface area contributed by atoms with Gasteiger partial charge in [-0.3, -0.25) is 0 Å². The van der Waals surface area contributed by atoms with Crippen LogP contribution in [0.4, 0.5) is 5.82 Å².